The number of hydrogen-bond donors (Lipinski definition) is 1. The maximum Gasteiger partial charge on any atom is 0.414 e. The molecule has 1 aliphatic rings. The number of hydrogen-bond acceptors (Lipinski definition) is 6. The highest BCUT2D eigenvalue weighted by Crippen LogP contribution is 2.29. The molecule has 0 aliphatic carbocycles. The van der Waals surface area contributed by atoms with Crippen LogP contribution in [0.3, 0.4) is 0 Å². The smallest absolute Gasteiger partial charge is 0.414 e. The summed E-state index contributed by atoms with van der Waals surface area (Å²) in [6.45, 7) is 0.769. The number of benzene rings is 2. The van der Waals surface area contributed by atoms with E-state index in [-0.39, 0.29) is 5.91 Å². The lowest BCUT2D eigenvalue weighted by Crippen LogP contribution is -2.25. The van der Waals surface area contributed by atoms with E-state index in [1.54, 1.807) is 34.5 Å². The van der Waals surface area contributed by atoms with E-state index in [0.29, 0.717) is 35.2 Å². The molecule has 3 heterocycles. The minimum absolute atomic E-state index is 0.297. The molecule has 2 amide bonds. The van der Waals surface area contributed by atoms with Gasteiger partial charge in [0.05, 0.1) is 29.8 Å². The maximum atomic E-state index is 12.8. The molecule has 0 unspecified atom stereocenters. The highest BCUT2D eigenvalue weighted by Gasteiger charge is 2.26. The second-order valence-corrected chi connectivity index (χ2v) is 7.64. The van der Waals surface area contributed by atoms with Crippen LogP contribution in [0.2, 0.25) is 0 Å². The molecular formula is C22H17N5O3S. The number of carbonyl (C=O) groups is 2. The van der Waals surface area contributed by atoms with Gasteiger partial charge in [-0.05, 0) is 24.3 Å². The predicted octanol–water partition coefficient (Wildman–Crippen LogP) is 4.20. The Morgan fingerprint density at radius 3 is 2.71 bits per heavy atom. The van der Waals surface area contributed by atoms with Gasteiger partial charge in [-0.15, -0.1) is 11.3 Å². The highest BCUT2D eigenvalue weighted by molar-refractivity contribution is 7.13. The number of anilines is 2. The van der Waals surface area contributed by atoms with Gasteiger partial charge in [0, 0.05) is 17.1 Å². The Morgan fingerprint density at radius 1 is 1.10 bits per heavy atom. The van der Waals surface area contributed by atoms with E-state index < -0.39 is 6.09 Å². The van der Waals surface area contributed by atoms with Crippen molar-refractivity contribution in [1.82, 2.24) is 14.8 Å². The van der Waals surface area contributed by atoms with Crippen LogP contribution in [-0.4, -0.2) is 39.9 Å². The lowest BCUT2D eigenvalue weighted by Gasteiger charge is -2.17. The molecule has 8 nitrogen and oxygen atoms in total. The minimum Gasteiger partial charge on any atom is -0.447 e. The number of ether oxygens (including phenoxy) is 1. The fourth-order valence-electron chi connectivity index (χ4n) is 3.28. The molecule has 1 aliphatic heterocycles. The molecule has 31 heavy (non-hydrogen) atoms. The number of aromatic nitrogens is 3. The van der Waals surface area contributed by atoms with Crippen molar-refractivity contribution in [2.45, 2.75) is 0 Å². The lowest BCUT2D eigenvalue weighted by atomic mass is 10.2. The predicted molar refractivity (Wildman–Crippen MR) is 118 cm³/mol. The zero-order chi connectivity index (χ0) is 21.2. The number of nitrogens with zero attached hydrogens (tertiary/aromatic N) is 4. The van der Waals surface area contributed by atoms with Crippen LogP contribution < -0.4 is 10.2 Å². The Kier molecular flexibility index (Phi) is 4.93. The summed E-state index contributed by atoms with van der Waals surface area (Å²) in [5.74, 6) is -0.349. The first-order chi connectivity index (χ1) is 15.2. The van der Waals surface area contributed by atoms with E-state index in [2.05, 4.69) is 15.4 Å². The van der Waals surface area contributed by atoms with E-state index >= 15 is 0 Å². The molecule has 0 saturated carbocycles. The molecule has 2 aromatic carbocycles. The molecule has 1 saturated heterocycles. The minimum atomic E-state index is -0.423. The normalized spacial score (nSPS) is 13.3. The maximum absolute atomic E-state index is 12.8. The van der Waals surface area contributed by atoms with Gasteiger partial charge in [0.15, 0.2) is 0 Å². The Hall–Kier alpha value is -3.98. The van der Waals surface area contributed by atoms with Crippen molar-refractivity contribution in [2.24, 2.45) is 0 Å². The van der Waals surface area contributed by atoms with Crippen LogP contribution in [-0.2, 0) is 4.74 Å². The summed E-state index contributed by atoms with van der Waals surface area (Å²) in [5, 5.41) is 9.64. The molecule has 1 fully saturated rings. The van der Waals surface area contributed by atoms with Crippen LogP contribution in [0.15, 0.2) is 72.4 Å². The fourth-order valence-corrected chi connectivity index (χ4v) is 4.05. The molecule has 9 heteroatoms. The van der Waals surface area contributed by atoms with E-state index in [4.69, 9.17) is 4.74 Å². The molecule has 1 N–H and O–H groups in total. The first-order valence-corrected chi connectivity index (χ1v) is 10.5. The molecule has 2 aromatic heterocycles. The monoisotopic (exact) mass is 431 g/mol. The van der Waals surface area contributed by atoms with Crippen molar-refractivity contribution < 1.29 is 14.3 Å². The Labute approximate surface area is 181 Å². The van der Waals surface area contributed by atoms with E-state index in [1.165, 1.54) is 16.2 Å². The van der Waals surface area contributed by atoms with Crippen LogP contribution in [0.25, 0.3) is 16.3 Å². The van der Waals surface area contributed by atoms with Crippen LogP contribution >= 0.6 is 11.3 Å². The van der Waals surface area contributed by atoms with Crippen molar-refractivity contribution in [1.29, 1.82) is 0 Å². The number of cyclic esters (lactones) is 1. The summed E-state index contributed by atoms with van der Waals surface area (Å²) in [6, 6.07) is 16.9. The van der Waals surface area contributed by atoms with Gasteiger partial charge in [-0.2, -0.15) is 5.10 Å². The average Bonchev–Trinajstić information content (AvgIpc) is 3.55. The molecule has 154 valence electrons. The van der Waals surface area contributed by atoms with E-state index in [1.807, 2.05) is 42.6 Å². The summed E-state index contributed by atoms with van der Waals surface area (Å²) in [5.41, 5.74) is 3.19. The fraction of sp³-hybridized carbons (Fsp3) is 0.0909. The quantitative estimate of drug-likeness (QED) is 0.511. The number of rotatable bonds is 5. The zero-order valence-electron chi connectivity index (χ0n) is 16.3. The van der Waals surface area contributed by atoms with Crippen LogP contribution in [0.4, 0.5) is 16.2 Å². The van der Waals surface area contributed by atoms with Gasteiger partial charge in [-0.3, -0.25) is 9.69 Å². The van der Waals surface area contributed by atoms with Crippen molar-refractivity contribution in [3.8, 4) is 16.3 Å². The lowest BCUT2D eigenvalue weighted by molar-refractivity contribution is 0.102. The van der Waals surface area contributed by atoms with Crippen molar-refractivity contribution in [2.75, 3.05) is 23.4 Å². The number of para-hydroxylation sites is 3. The third-order valence-electron chi connectivity index (χ3n) is 4.79. The molecule has 0 bridgehead atoms. The number of carbonyl (C=O) groups excluding carboxylic acids is 2. The second kappa shape index (κ2) is 8.04. The number of nitrogens with one attached hydrogen (secondary N) is 1. The molecule has 0 spiro atoms. The molecule has 0 radical (unpaired) electrons. The summed E-state index contributed by atoms with van der Waals surface area (Å²) < 4.78 is 6.77. The van der Waals surface area contributed by atoms with Gasteiger partial charge in [0.25, 0.3) is 5.91 Å². The SMILES string of the molecule is O=C(Nc1ccccc1N1CCOC1=O)c1csc(-c2cnn(-c3ccccc3)c2)n1. The first kappa shape index (κ1) is 19.0. The average molecular weight is 431 g/mol. The van der Waals surface area contributed by atoms with Gasteiger partial charge in [0.1, 0.15) is 17.3 Å². The van der Waals surface area contributed by atoms with Crippen LogP contribution in [0, 0.1) is 0 Å². The number of thiazole rings is 1. The summed E-state index contributed by atoms with van der Waals surface area (Å²) in [4.78, 5) is 30.7. The topological polar surface area (TPSA) is 89.4 Å². The molecular weight excluding hydrogens is 414 g/mol. The van der Waals surface area contributed by atoms with Crippen molar-refractivity contribution in [3.05, 3.63) is 78.1 Å². The highest BCUT2D eigenvalue weighted by atomic mass is 32.1. The summed E-state index contributed by atoms with van der Waals surface area (Å²) in [6.07, 6.45) is 3.18. The van der Waals surface area contributed by atoms with Crippen LogP contribution in [0.5, 0.6) is 0 Å². The third kappa shape index (κ3) is 3.78. The van der Waals surface area contributed by atoms with Crippen LogP contribution in [0.1, 0.15) is 10.5 Å². The van der Waals surface area contributed by atoms with Gasteiger partial charge in [0.2, 0.25) is 0 Å². The van der Waals surface area contributed by atoms with Gasteiger partial charge >= 0.3 is 6.09 Å². The van der Waals surface area contributed by atoms with Gasteiger partial charge in [-0.25, -0.2) is 14.5 Å². The Bertz CT molecular complexity index is 1250. The van der Waals surface area contributed by atoms with Crippen molar-refractivity contribution in [3.63, 3.8) is 0 Å². The molecule has 0 atom stereocenters. The second-order valence-electron chi connectivity index (χ2n) is 6.78. The zero-order valence-corrected chi connectivity index (χ0v) is 17.1. The Morgan fingerprint density at radius 2 is 1.90 bits per heavy atom. The molecule has 4 aromatic rings. The standard InChI is InChI=1S/C22H17N5O3S/c28-20(24-17-8-4-5-9-19(17)26-10-11-30-22(26)29)18-14-31-21(25-18)15-12-23-27(13-15)16-6-2-1-3-7-16/h1-9,12-14H,10-11H2,(H,24,28). The first-order valence-electron chi connectivity index (χ1n) is 9.60. The van der Waals surface area contributed by atoms with Crippen molar-refractivity contribution >= 4 is 34.7 Å². The van der Waals surface area contributed by atoms with E-state index in [9.17, 15) is 9.59 Å². The van der Waals surface area contributed by atoms with E-state index in [0.717, 1.165) is 11.3 Å². The van der Waals surface area contributed by atoms with Gasteiger partial charge in [-0.1, -0.05) is 30.3 Å². The number of amides is 2. The molecule has 5 rings (SSSR count). The Balaban J connectivity index is 1.35. The summed E-state index contributed by atoms with van der Waals surface area (Å²) in [7, 11) is 0. The third-order valence-corrected chi connectivity index (χ3v) is 5.68. The van der Waals surface area contributed by atoms with Gasteiger partial charge < -0.3 is 10.1 Å². The summed E-state index contributed by atoms with van der Waals surface area (Å²) >= 11 is 1.37. The largest absolute Gasteiger partial charge is 0.447 e.